The predicted molar refractivity (Wildman–Crippen MR) is 87.4 cm³/mol. The van der Waals surface area contributed by atoms with Crippen molar-refractivity contribution in [1.29, 1.82) is 0 Å². The van der Waals surface area contributed by atoms with E-state index in [4.69, 9.17) is 0 Å². The Bertz CT molecular complexity index is 954. The van der Waals surface area contributed by atoms with Gasteiger partial charge in [-0.05, 0) is 16.0 Å². The van der Waals surface area contributed by atoms with Gasteiger partial charge in [-0.15, -0.1) is 15.3 Å². The molecular weight excluding hydrogens is 377 g/mol. The third kappa shape index (κ3) is 3.44. The molecule has 12 heteroatoms. The Labute approximate surface area is 156 Å². The third-order valence-electron chi connectivity index (χ3n) is 4.56. The maximum absolute atomic E-state index is 13.1. The molecule has 1 aromatic carbocycles. The smallest absolute Gasteiger partial charge is 0.331 e. The lowest BCUT2D eigenvalue weighted by Crippen LogP contribution is -2.43. The van der Waals surface area contributed by atoms with Crippen molar-refractivity contribution >= 4 is 5.91 Å². The molecule has 1 aliphatic heterocycles. The van der Waals surface area contributed by atoms with E-state index in [1.807, 2.05) is 30.3 Å². The molecule has 0 N–H and O–H groups in total. The summed E-state index contributed by atoms with van der Waals surface area (Å²) in [5.41, 5.74) is 0.913. The molecule has 0 fully saturated rings. The van der Waals surface area contributed by atoms with Gasteiger partial charge in [-0.25, -0.2) is 4.68 Å². The molecule has 1 aliphatic rings. The predicted octanol–water partition coefficient (Wildman–Crippen LogP) is 1.11. The number of aromatic nitrogens is 7. The van der Waals surface area contributed by atoms with Gasteiger partial charge in [0.05, 0.1) is 6.54 Å². The summed E-state index contributed by atoms with van der Waals surface area (Å²) in [5.74, 6) is -1.24. The lowest BCUT2D eigenvalue weighted by Gasteiger charge is -2.31. The van der Waals surface area contributed by atoms with E-state index in [0.717, 1.165) is 10.1 Å². The fourth-order valence-corrected chi connectivity index (χ4v) is 3.21. The van der Waals surface area contributed by atoms with Gasteiger partial charge >= 0.3 is 6.18 Å². The SMILES string of the molecule is O=C([C@@H](Cc1ccccc1)n1cnnn1)N1CCn2c(nnc2C(F)(F)F)C1. The Hall–Kier alpha value is -3.31. The number of carbonyl (C=O) groups is 1. The van der Waals surface area contributed by atoms with Gasteiger partial charge in [0.1, 0.15) is 12.4 Å². The molecule has 0 saturated heterocycles. The van der Waals surface area contributed by atoms with Gasteiger partial charge in [-0.3, -0.25) is 4.79 Å². The zero-order chi connectivity index (χ0) is 19.7. The monoisotopic (exact) mass is 392 g/mol. The van der Waals surface area contributed by atoms with Crippen molar-refractivity contribution in [3.05, 3.63) is 53.9 Å². The van der Waals surface area contributed by atoms with Crippen molar-refractivity contribution in [2.75, 3.05) is 6.54 Å². The highest BCUT2D eigenvalue weighted by Gasteiger charge is 2.40. The number of amides is 1. The van der Waals surface area contributed by atoms with Gasteiger partial charge in [0.25, 0.3) is 0 Å². The molecule has 0 bridgehead atoms. The van der Waals surface area contributed by atoms with E-state index in [0.29, 0.717) is 6.42 Å². The van der Waals surface area contributed by atoms with Crippen LogP contribution in [0.25, 0.3) is 0 Å². The molecule has 2 aromatic heterocycles. The number of rotatable bonds is 4. The number of alkyl halides is 3. The minimum atomic E-state index is -4.58. The summed E-state index contributed by atoms with van der Waals surface area (Å²) < 4.78 is 41.3. The topological polar surface area (TPSA) is 94.6 Å². The summed E-state index contributed by atoms with van der Waals surface area (Å²) in [6.45, 7) is 0.0201. The largest absolute Gasteiger partial charge is 0.451 e. The number of tetrazole rings is 1. The van der Waals surface area contributed by atoms with E-state index in [9.17, 15) is 18.0 Å². The first-order valence-electron chi connectivity index (χ1n) is 8.48. The van der Waals surface area contributed by atoms with Gasteiger partial charge in [0, 0.05) is 19.5 Å². The Kier molecular flexibility index (Phi) is 4.53. The van der Waals surface area contributed by atoms with Gasteiger partial charge in [-0.1, -0.05) is 30.3 Å². The van der Waals surface area contributed by atoms with Gasteiger partial charge in [0.15, 0.2) is 5.82 Å². The minimum absolute atomic E-state index is 0.0312. The second-order valence-electron chi connectivity index (χ2n) is 6.34. The van der Waals surface area contributed by atoms with Crippen LogP contribution in [0.4, 0.5) is 13.2 Å². The summed E-state index contributed by atoms with van der Waals surface area (Å²) in [5, 5.41) is 17.9. The number of benzene rings is 1. The maximum atomic E-state index is 13.1. The summed E-state index contributed by atoms with van der Waals surface area (Å²) in [7, 11) is 0. The Morgan fingerprint density at radius 2 is 1.93 bits per heavy atom. The normalized spacial score (nSPS) is 15.3. The molecule has 1 atom stereocenters. The molecule has 0 aliphatic carbocycles. The molecular formula is C16H15F3N8O. The van der Waals surface area contributed by atoms with E-state index in [1.165, 1.54) is 15.9 Å². The third-order valence-corrected chi connectivity index (χ3v) is 4.56. The molecule has 0 saturated carbocycles. The zero-order valence-electron chi connectivity index (χ0n) is 14.5. The van der Waals surface area contributed by atoms with Crippen LogP contribution in [0.3, 0.4) is 0 Å². The second kappa shape index (κ2) is 7.02. The Balaban J connectivity index is 1.57. The van der Waals surface area contributed by atoms with Crippen molar-refractivity contribution in [3.8, 4) is 0 Å². The van der Waals surface area contributed by atoms with Crippen LogP contribution < -0.4 is 0 Å². The van der Waals surface area contributed by atoms with Crippen molar-refractivity contribution in [1.82, 2.24) is 39.9 Å². The molecule has 0 radical (unpaired) electrons. The first-order valence-corrected chi connectivity index (χ1v) is 8.48. The number of halogens is 3. The second-order valence-corrected chi connectivity index (χ2v) is 6.34. The van der Waals surface area contributed by atoms with E-state index in [-0.39, 0.29) is 31.4 Å². The van der Waals surface area contributed by atoms with Crippen molar-refractivity contribution in [3.63, 3.8) is 0 Å². The summed E-state index contributed by atoms with van der Waals surface area (Å²) in [4.78, 5) is 14.6. The van der Waals surface area contributed by atoms with Crippen LogP contribution in [-0.4, -0.2) is 52.3 Å². The zero-order valence-corrected chi connectivity index (χ0v) is 14.5. The molecule has 3 heterocycles. The van der Waals surface area contributed by atoms with Crippen LogP contribution in [0.5, 0.6) is 0 Å². The van der Waals surface area contributed by atoms with Crippen LogP contribution in [-0.2, 0) is 30.5 Å². The van der Waals surface area contributed by atoms with Crippen LogP contribution >= 0.6 is 0 Å². The summed E-state index contributed by atoms with van der Waals surface area (Å²) in [6, 6.07) is 8.64. The molecule has 28 heavy (non-hydrogen) atoms. The number of nitrogens with zero attached hydrogens (tertiary/aromatic N) is 8. The molecule has 1 amide bonds. The number of carbonyl (C=O) groups excluding carboxylic acids is 1. The van der Waals surface area contributed by atoms with Crippen LogP contribution in [0, 0.1) is 0 Å². The standard InChI is InChI=1S/C16H15F3N8O/c17-16(18,19)15-22-21-13-9-25(6-7-26(13)15)14(28)12(27-10-20-23-24-27)8-11-4-2-1-3-5-11/h1-5,10,12H,6-9H2/t12-/m1/s1. The summed E-state index contributed by atoms with van der Waals surface area (Å²) >= 11 is 0. The van der Waals surface area contributed by atoms with Crippen LogP contribution in [0.2, 0.25) is 0 Å². The fourth-order valence-electron chi connectivity index (χ4n) is 3.21. The average molecular weight is 392 g/mol. The van der Waals surface area contributed by atoms with E-state index < -0.39 is 18.0 Å². The van der Waals surface area contributed by atoms with Gasteiger partial charge in [0.2, 0.25) is 11.7 Å². The molecule has 0 unspecified atom stereocenters. The van der Waals surface area contributed by atoms with Gasteiger partial charge < -0.3 is 9.47 Å². The first-order chi connectivity index (χ1) is 13.4. The number of hydrogen-bond acceptors (Lipinski definition) is 6. The molecule has 146 valence electrons. The molecule has 9 nitrogen and oxygen atoms in total. The van der Waals surface area contributed by atoms with Crippen molar-refractivity contribution in [2.24, 2.45) is 0 Å². The fraction of sp³-hybridized carbons (Fsp3) is 0.375. The maximum Gasteiger partial charge on any atom is 0.451 e. The Morgan fingerprint density at radius 1 is 1.14 bits per heavy atom. The molecule has 0 spiro atoms. The number of hydrogen-bond donors (Lipinski definition) is 0. The Morgan fingerprint density at radius 3 is 2.61 bits per heavy atom. The van der Waals surface area contributed by atoms with Crippen LogP contribution in [0.15, 0.2) is 36.7 Å². The highest BCUT2D eigenvalue weighted by molar-refractivity contribution is 5.80. The summed E-state index contributed by atoms with van der Waals surface area (Å²) in [6.07, 6.45) is -2.89. The highest BCUT2D eigenvalue weighted by Crippen LogP contribution is 2.30. The average Bonchev–Trinajstić information content (AvgIpc) is 3.35. The van der Waals surface area contributed by atoms with Gasteiger partial charge in [-0.2, -0.15) is 13.2 Å². The van der Waals surface area contributed by atoms with E-state index in [2.05, 4.69) is 25.7 Å². The number of fused-ring (bicyclic) bond motifs is 1. The first kappa shape index (κ1) is 18.1. The van der Waals surface area contributed by atoms with Crippen LogP contribution in [0.1, 0.15) is 23.3 Å². The van der Waals surface area contributed by atoms with Crippen molar-refractivity contribution in [2.45, 2.75) is 31.7 Å². The molecule has 3 aromatic rings. The quantitative estimate of drug-likeness (QED) is 0.660. The van der Waals surface area contributed by atoms with E-state index >= 15 is 0 Å². The lowest BCUT2D eigenvalue weighted by molar-refractivity contribution is -0.148. The van der Waals surface area contributed by atoms with Crippen molar-refractivity contribution < 1.29 is 18.0 Å². The minimum Gasteiger partial charge on any atom is -0.331 e. The van der Waals surface area contributed by atoms with E-state index in [1.54, 1.807) is 0 Å². The lowest BCUT2D eigenvalue weighted by atomic mass is 10.0. The molecule has 4 rings (SSSR count). The highest BCUT2D eigenvalue weighted by atomic mass is 19.4.